The molecular weight excluding hydrogens is 260 g/mol. The fourth-order valence-corrected chi connectivity index (χ4v) is 4.39. The lowest BCUT2D eigenvalue weighted by molar-refractivity contribution is 0.0558. The van der Waals surface area contributed by atoms with Gasteiger partial charge in [-0.2, -0.15) is 0 Å². The van der Waals surface area contributed by atoms with Crippen LogP contribution in [0.4, 0.5) is 5.69 Å². The van der Waals surface area contributed by atoms with Gasteiger partial charge in [-0.15, -0.1) is 0 Å². The lowest BCUT2D eigenvalue weighted by Crippen LogP contribution is -2.48. The smallest absolute Gasteiger partial charge is 0.142 e. The van der Waals surface area contributed by atoms with Crippen LogP contribution in [0.15, 0.2) is 24.3 Å². The van der Waals surface area contributed by atoms with Crippen LogP contribution < -0.4 is 10.1 Å². The van der Waals surface area contributed by atoms with E-state index in [1.54, 1.807) is 0 Å². The molecule has 3 atom stereocenters. The van der Waals surface area contributed by atoms with Crippen molar-refractivity contribution in [3.8, 4) is 5.75 Å². The van der Waals surface area contributed by atoms with Gasteiger partial charge in [0, 0.05) is 13.1 Å². The summed E-state index contributed by atoms with van der Waals surface area (Å²) in [7, 11) is 0. The molecule has 1 saturated heterocycles. The summed E-state index contributed by atoms with van der Waals surface area (Å²) in [5, 5.41) is 3.51. The van der Waals surface area contributed by atoms with Gasteiger partial charge in [0.25, 0.3) is 0 Å². The minimum atomic E-state index is 0.292. The molecule has 114 valence electrons. The summed E-state index contributed by atoms with van der Waals surface area (Å²) in [5.74, 6) is 2.98. The maximum absolute atomic E-state index is 6.17. The molecule has 3 heteroatoms. The van der Waals surface area contributed by atoms with Crippen molar-refractivity contribution in [2.75, 3.05) is 31.5 Å². The molecule has 1 aromatic carbocycles. The van der Waals surface area contributed by atoms with E-state index in [1.165, 1.54) is 45.2 Å². The zero-order chi connectivity index (χ0) is 14.1. The van der Waals surface area contributed by atoms with Crippen molar-refractivity contribution < 1.29 is 4.74 Å². The molecule has 1 aromatic rings. The summed E-state index contributed by atoms with van der Waals surface area (Å²) in [6.07, 6.45) is 7.54. The zero-order valence-corrected chi connectivity index (χ0v) is 12.8. The number of anilines is 1. The molecule has 1 aliphatic carbocycles. The van der Waals surface area contributed by atoms with Crippen LogP contribution in [0.2, 0.25) is 0 Å². The fourth-order valence-electron chi connectivity index (χ4n) is 4.39. The van der Waals surface area contributed by atoms with Crippen molar-refractivity contribution in [3.05, 3.63) is 24.3 Å². The normalized spacial score (nSPS) is 32.5. The Bertz CT molecular complexity index is 490. The van der Waals surface area contributed by atoms with Gasteiger partial charge in [-0.3, -0.25) is 4.90 Å². The first-order chi connectivity index (χ1) is 10.4. The van der Waals surface area contributed by atoms with E-state index in [2.05, 4.69) is 34.5 Å². The van der Waals surface area contributed by atoms with Crippen LogP contribution in [-0.2, 0) is 0 Å². The third kappa shape index (κ3) is 2.89. The van der Waals surface area contributed by atoms with E-state index in [-0.39, 0.29) is 0 Å². The molecule has 2 aliphatic heterocycles. The van der Waals surface area contributed by atoms with E-state index in [9.17, 15) is 0 Å². The fraction of sp³-hybridized carbons (Fsp3) is 0.667. The quantitative estimate of drug-likeness (QED) is 0.902. The zero-order valence-electron chi connectivity index (χ0n) is 12.8. The number of rotatable bonds is 2. The van der Waals surface area contributed by atoms with E-state index in [4.69, 9.17) is 4.74 Å². The summed E-state index contributed by atoms with van der Waals surface area (Å²) in [5.41, 5.74) is 1.14. The Morgan fingerprint density at radius 2 is 1.95 bits per heavy atom. The van der Waals surface area contributed by atoms with E-state index in [0.717, 1.165) is 36.4 Å². The highest BCUT2D eigenvalue weighted by Crippen LogP contribution is 2.36. The van der Waals surface area contributed by atoms with Crippen molar-refractivity contribution in [2.24, 2.45) is 11.8 Å². The highest BCUT2D eigenvalue weighted by Gasteiger charge is 2.32. The van der Waals surface area contributed by atoms with Crippen LogP contribution in [0, 0.1) is 11.8 Å². The Labute approximate surface area is 127 Å². The average Bonchev–Trinajstić information content (AvgIpc) is 2.55. The molecule has 2 heterocycles. The molecule has 1 N–H and O–H groups in total. The summed E-state index contributed by atoms with van der Waals surface area (Å²) in [6, 6.07) is 8.28. The van der Waals surface area contributed by atoms with E-state index in [0.29, 0.717) is 6.10 Å². The Balaban J connectivity index is 1.35. The molecule has 0 aromatic heterocycles. The molecule has 3 unspecified atom stereocenters. The maximum Gasteiger partial charge on any atom is 0.142 e. The standard InChI is InChI=1S/C18H26N2O/c1-2-6-15-12-20(10-9-14(15)5-1)13-16-11-19-17-7-3-4-8-18(17)21-16/h3-4,7-8,14-16,19H,1-2,5-6,9-13H2. The van der Waals surface area contributed by atoms with Crippen LogP contribution in [0.3, 0.4) is 0 Å². The molecule has 0 radical (unpaired) electrons. The topological polar surface area (TPSA) is 24.5 Å². The van der Waals surface area contributed by atoms with Gasteiger partial charge >= 0.3 is 0 Å². The molecule has 21 heavy (non-hydrogen) atoms. The number of nitrogens with zero attached hydrogens (tertiary/aromatic N) is 1. The van der Waals surface area contributed by atoms with Gasteiger partial charge in [0.15, 0.2) is 0 Å². The van der Waals surface area contributed by atoms with Crippen molar-refractivity contribution in [2.45, 2.75) is 38.2 Å². The summed E-state index contributed by atoms with van der Waals surface area (Å²) >= 11 is 0. The van der Waals surface area contributed by atoms with Gasteiger partial charge in [-0.05, 0) is 43.4 Å². The highest BCUT2D eigenvalue weighted by molar-refractivity contribution is 5.57. The number of benzene rings is 1. The van der Waals surface area contributed by atoms with Gasteiger partial charge in [-0.25, -0.2) is 0 Å². The Morgan fingerprint density at radius 1 is 1.10 bits per heavy atom. The lowest BCUT2D eigenvalue weighted by atomic mass is 9.75. The van der Waals surface area contributed by atoms with Gasteiger partial charge in [0.2, 0.25) is 0 Å². The molecule has 3 nitrogen and oxygen atoms in total. The summed E-state index contributed by atoms with van der Waals surface area (Å²) in [6.45, 7) is 4.57. The van der Waals surface area contributed by atoms with Gasteiger partial charge in [-0.1, -0.05) is 31.4 Å². The number of ether oxygens (including phenoxy) is 1. The average molecular weight is 286 g/mol. The number of hydrogen-bond acceptors (Lipinski definition) is 3. The van der Waals surface area contributed by atoms with Gasteiger partial charge in [0.1, 0.15) is 11.9 Å². The number of piperidine rings is 1. The minimum absolute atomic E-state index is 0.292. The largest absolute Gasteiger partial charge is 0.485 e. The SMILES string of the molecule is c1ccc2c(c1)NCC(CN1CCC3CCCCC3C1)O2. The van der Waals surface area contributed by atoms with Gasteiger partial charge in [0.05, 0.1) is 12.2 Å². The monoisotopic (exact) mass is 286 g/mol. The highest BCUT2D eigenvalue weighted by atomic mass is 16.5. The second-order valence-electron chi connectivity index (χ2n) is 6.97. The van der Waals surface area contributed by atoms with Crippen LogP contribution in [-0.4, -0.2) is 37.2 Å². The Morgan fingerprint density at radius 3 is 2.90 bits per heavy atom. The first-order valence-corrected chi connectivity index (χ1v) is 8.60. The van der Waals surface area contributed by atoms with Crippen molar-refractivity contribution >= 4 is 5.69 Å². The molecular formula is C18H26N2O. The maximum atomic E-state index is 6.17. The van der Waals surface area contributed by atoms with Crippen molar-refractivity contribution in [1.29, 1.82) is 0 Å². The van der Waals surface area contributed by atoms with Crippen LogP contribution >= 0.6 is 0 Å². The van der Waals surface area contributed by atoms with E-state index in [1.807, 2.05) is 0 Å². The third-order valence-corrected chi connectivity index (χ3v) is 5.54. The van der Waals surface area contributed by atoms with Crippen LogP contribution in [0.1, 0.15) is 32.1 Å². The van der Waals surface area contributed by atoms with Crippen LogP contribution in [0.25, 0.3) is 0 Å². The van der Waals surface area contributed by atoms with Crippen molar-refractivity contribution in [1.82, 2.24) is 4.90 Å². The molecule has 0 spiro atoms. The molecule has 4 rings (SSSR count). The number of nitrogens with one attached hydrogen (secondary N) is 1. The second kappa shape index (κ2) is 5.88. The summed E-state index contributed by atoms with van der Waals surface area (Å²) < 4.78 is 6.17. The number of hydrogen-bond donors (Lipinski definition) is 1. The Hall–Kier alpha value is -1.22. The molecule has 0 bridgehead atoms. The number of likely N-dealkylation sites (tertiary alicyclic amines) is 1. The molecule has 2 fully saturated rings. The van der Waals surface area contributed by atoms with E-state index < -0.39 is 0 Å². The number of para-hydroxylation sites is 2. The molecule has 3 aliphatic rings. The van der Waals surface area contributed by atoms with Crippen LogP contribution in [0.5, 0.6) is 5.75 Å². The minimum Gasteiger partial charge on any atom is -0.485 e. The van der Waals surface area contributed by atoms with E-state index >= 15 is 0 Å². The Kier molecular flexibility index (Phi) is 3.76. The third-order valence-electron chi connectivity index (χ3n) is 5.54. The molecule has 1 saturated carbocycles. The predicted molar refractivity (Wildman–Crippen MR) is 85.9 cm³/mol. The number of fused-ring (bicyclic) bond motifs is 2. The lowest BCUT2D eigenvalue weighted by Gasteiger charge is -2.42. The van der Waals surface area contributed by atoms with Gasteiger partial charge < -0.3 is 10.1 Å². The van der Waals surface area contributed by atoms with Crippen molar-refractivity contribution in [3.63, 3.8) is 0 Å². The predicted octanol–water partition coefficient (Wildman–Crippen LogP) is 3.37. The first kappa shape index (κ1) is 13.4. The second-order valence-corrected chi connectivity index (χ2v) is 6.97. The summed E-state index contributed by atoms with van der Waals surface area (Å²) in [4.78, 5) is 2.65. The molecule has 0 amide bonds. The first-order valence-electron chi connectivity index (χ1n) is 8.60.